The molecule has 0 aliphatic heterocycles. The van der Waals surface area contributed by atoms with Crippen LogP contribution in [0.3, 0.4) is 0 Å². The van der Waals surface area contributed by atoms with Crippen molar-refractivity contribution in [1.82, 2.24) is 0 Å². The van der Waals surface area contributed by atoms with Crippen molar-refractivity contribution in [3.8, 4) is 0 Å². The van der Waals surface area contributed by atoms with Crippen LogP contribution in [0.4, 0.5) is 5.69 Å². The number of anilines is 1. The van der Waals surface area contributed by atoms with Gasteiger partial charge >= 0.3 is 8.56 Å². The molecule has 0 amide bonds. The van der Waals surface area contributed by atoms with Gasteiger partial charge in [0.2, 0.25) is 0 Å². The molecule has 0 saturated carbocycles. The molecule has 2 N–H and O–H groups in total. The van der Waals surface area contributed by atoms with E-state index in [1.54, 1.807) is 0 Å². The molecule has 0 aromatic heterocycles. The zero-order valence-corrected chi connectivity index (χ0v) is 12.0. The van der Waals surface area contributed by atoms with E-state index in [4.69, 9.17) is 14.6 Å². The van der Waals surface area contributed by atoms with E-state index in [1.807, 2.05) is 26.0 Å². The topological polar surface area (TPSA) is 44.5 Å². The largest absolute Gasteiger partial charge is 0.399 e. The number of benzene rings is 1. The van der Waals surface area contributed by atoms with E-state index in [1.165, 1.54) is 5.56 Å². The van der Waals surface area contributed by atoms with Gasteiger partial charge in [0.15, 0.2) is 0 Å². The maximum Gasteiger partial charge on any atom is 0.335 e. The van der Waals surface area contributed by atoms with Gasteiger partial charge in [0.1, 0.15) is 0 Å². The Morgan fingerprint density at radius 3 is 2.06 bits per heavy atom. The molecule has 17 heavy (non-hydrogen) atoms. The predicted octanol–water partition coefficient (Wildman–Crippen LogP) is 2.96. The van der Waals surface area contributed by atoms with E-state index in [2.05, 4.69) is 18.7 Å². The fourth-order valence-electron chi connectivity index (χ4n) is 1.85. The molecule has 0 heterocycles. The molecular formula is C13H23NO2Si. The van der Waals surface area contributed by atoms with E-state index in [0.29, 0.717) is 0 Å². The van der Waals surface area contributed by atoms with Crippen molar-refractivity contribution < 1.29 is 8.85 Å². The lowest BCUT2D eigenvalue weighted by molar-refractivity contribution is 0.189. The van der Waals surface area contributed by atoms with Crippen molar-refractivity contribution >= 4 is 14.2 Å². The van der Waals surface area contributed by atoms with Crippen molar-refractivity contribution in [2.45, 2.75) is 32.9 Å². The van der Waals surface area contributed by atoms with Crippen LogP contribution in [0, 0.1) is 0 Å². The Morgan fingerprint density at radius 2 is 1.59 bits per heavy atom. The molecule has 0 atom stereocenters. The smallest absolute Gasteiger partial charge is 0.335 e. The summed E-state index contributed by atoms with van der Waals surface area (Å²) in [5, 5.41) is 0. The summed E-state index contributed by atoms with van der Waals surface area (Å²) in [5.41, 5.74) is 7.76. The number of hydrogen-bond acceptors (Lipinski definition) is 3. The first kappa shape index (κ1) is 14.2. The summed E-state index contributed by atoms with van der Waals surface area (Å²) in [6.45, 7) is 7.63. The van der Waals surface area contributed by atoms with E-state index < -0.39 is 8.56 Å². The standard InChI is InChI=1S/C13H23NO2Si/c1-4-15-17(3,16-5-2)11-10-12-6-8-13(14)9-7-12/h6-9H,4-5,10-11,14H2,1-3H3. The second-order valence-electron chi connectivity index (χ2n) is 4.24. The number of aryl methyl sites for hydroxylation is 1. The highest BCUT2D eigenvalue weighted by molar-refractivity contribution is 6.66. The van der Waals surface area contributed by atoms with Crippen molar-refractivity contribution in [2.75, 3.05) is 18.9 Å². The van der Waals surface area contributed by atoms with Crippen LogP contribution in [-0.4, -0.2) is 21.8 Å². The third-order valence-electron chi connectivity index (χ3n) is 2.75. The zero-order valence-electron chi connectivity index (χ0n) is 11.0. The predicted molar refractivity (Wildman–Crippen MR) is 74.2 cm³/mol. The van der Waals surface area contributed by atoms with Crippen LogP contribution in [0.15, 0.2) is 24.3 Å². The summed E-state index contributed by atoms with van der Waals surface area (Å²) < 4.78 is 11.6. The van der Waals surface area contributed by atoms with Crippen LogP contribution in [0.5, 0.6) is 0 Å². The van der Waals surface area contributed by atoms with Gasteiger partial charge in [-0.05, 0) is 50.6 Å². The lowest BCUT2D eigenvalue weighted by Gasteiger charge is -2.25. The second kappa shape index (κ2) is 6.79. The van der Waals surface area contributed by atoms with Gasteiger partial charge in [-0.1, -0.05) is 12.1 Å². The summed E-state index contributed by atoms with van der Waals surface area (Å²) in [6.07, 6.45) is 0.989. The third kappa shape index (κ3) is 4.89. The number of nitrogens with two attached hydrogens (primary N) is 1. The molecule has 0 aliphatic rings. The van der Waals surface area contributed by atoms with E-state index in [9.17, 15) is 0 Å². The van der Waals surface area contributed by atoms with Crippen molar-refractivity contribution in [3.63, 3.8) is 0 Å². The maximum atomic E-state index is 5.81. The normalized spacial score (nSPS) is 11.7. The molecular weight excluding hydrogens is 230 g/mol. The van der Waals surface area contributed by atoms with Crippen LogP contribution in [0.2, 0.25) is 12.6 Å². The average Bonchev–Trinajstić information content (AvgIpc) is 2.29. The minimum Gasteiger partial charge on any atom is -0.399 e. The highest BCUT2D eigenvalue weighted by Crippen LogP contribution is 2.18. The first-order chi connectivity index (χ1) is 8.09. The number of nitrogen functional groups attached to an aromatic ring is 1. The van der Waals surface area contributed by atoms with Crippen LogP contribution in [0.25, 0.3) is 0 Å². The first-order valence-corrected chi connectivity index (χ1v) is 8.74. The quantitative estimate of drug-likeness (QED) is 0.600. The molecule has 0 radical (unpaired) electrons. The van der Waals surface area contributed by atoms with Crippen molar-refractivity contribution in [2.24, 2.45) is 0 Å². The maximum absolute atomic E-state index is 5.81. The molecule has 1 aromatic carbocycles. The minimum atomic E-state index is -1.98. The molecule has 0 aliphatic carbocycles. The average molecular weight is 253 g/mol. The summed E-state index contributed by atoms with van der Waals surface area (Å²) in [5.74, 6) is 0. The molecule has 1 aromatic rings. The van der Waals surface area contributed by atoms with Crippen molar-refractivity contribution in [1.29, 1.82) is 0 Å². The summed E-state index contributed by atoms with van der Waals surface area (Å²) in [6, 6.07) is 9.01. The lowest BCUT2D eigenvalue weighted by Crippen LogP contribution is -2.39. The molecule has 0 unspecified atom stereocenters. The van der Waals surface area contributed by atoms with Crippen LogP contribution in [0.1, 0.15) is 19.4 Å². The van der Waals surface area contributed by atoms with E-state index >= 15 is 0 Å². The van der Waals surface area contributed by atoms with Gasteiger partial charge < -0.3 is 14.6 Å². The van der Waals surface area contributed by atoms with Crippen LogP contribution < -0.4 is 5.73 Å². The Bertz CT molecular complexity index is 321. The summed E-state index contributed by atoms with van der Waals surface area (Å²) >= 11 is 0. The monoisotopic (exact) mass is 253 g/mol. The molecule has 0 saturated heterocycles. The van der Waals surface area contributed by atoms with Crippen LogP contribution >= 0.6 is 0 Å². The Labute approximate surface area is 105 Å². The van der Waals surface area contributed by atoms with Gasteiger partial charge in [-0.25, -0.2) is 0 Å². The third-order valence-corrected chi connectivity index (χ3v) is 5.70. The molecule has 4 heteroatoms. The molecule has 3 nitrogen and oxygen atoms in total. The number of rotatable bonds is 7. The first-order valence-electron chi connectivity index (χ1n) is 6.22. The van der Waals surface area contributed by atoms with Gasteiger partial charge in [-0.3, -0.25) is 0 Å². The SMILES string of the molecule is CCO[Si](C)(CCc1ccc(N)cc1)OCC. The molecule has 0 bridgehead atoms. The van der Waals surface area contributed by atoms with E-state index in [0.717, 1.165) is 31.4 Å². The van der Waals surface area contributed by atoms with Gasteiger partial charge in [-0.2, -0.15) is 0 Å². The van der Waals surface area contributed by atoms with Gasteiger partial charge in [0, 0.05) is 18.9 Å². The highest BCUT2D eigenvalue weighted by Gasteiger charge is 2.29. The number of hydrogen-bond donors (Lipinski definition) is 1. The fraction of sp³-hybridized carbons (Fsp3) is 0.538. The highest BCUT2D eigenvalue weighted by atomic mass is 28.4. The van der Waals surface area contributed by atoms with Gasteiger partial charge in [0.25, 0.3) is 0 Å². The molecule has 0 fully saturated rings. The van der Waals surface area contributed by atoms with Gasteiger partial charge in [-0.15, -0.1) is 0 Å². The Morgan fingerprint density at radius 1 is 1.06 bits per heavy atom. The second-order valence-corrected chi connectivity index (χ2v) is 7.59. The molecule has 96 valence electrons. The lowest BCUT2D eigenvalue weighted by atomic mass is 10.2. The van der Waals surface area contributed by atoms with E-state index in [-0.39, 0.29) is 0 Å². The molecule has 0 spiro atoms. The Hall–Kier alpha value is -0.843. The van der Waals surface area contributed by atoms with Gasteiger partial charge in [0.05, 0.1) is 0 Å². The fourth-order valence-corrected chi connectivity index (χ4v) is 4.19. The Kier molecular flexibility index (Phi) is 5.68. The van der Waals surface area contributed by atoms with Crippen molar-refractivity contribution in [3.05, 3.63) is 29.8 Å². The summed E-state index contributed by atoms with van der Waals surface area (Å²) in [4.78, 5) is 0. The summed E-state index contributed by atoms with van der Waals surface area (Å²) in [7, 11) is -1.98. The Balaban J connectivity index is 2.54. The molecule has 1 rings (SSSR count). The zero-order chi connectivity index (χ0) is 12.7. The van der Waals surface area contributed by atoms with Crippen LogP contribution in [-0.2, 0) is 15.3 Å². The minimum absolute atomic E-state index is 0.727.